The second-order valence-electron chi connectivity index (χ2n) is 12.2. The quantitative estimate of drug-likeness (QED) is 0.0489. The van der Waals surface area contributed by atoms with Gasteiger partial charge in [0.2, 0.25) is 11.8 Å². The highest BCUT2D eigenvalue weighted by Crippen LogP contribution is 2.14. The van der Waals surface area contributed by atoms with E-state index in [1.54, 1.807) is 0 Å². The SMILES string of the molecule is N[C@@H](CCCCNC(=O)CCCCCCCNC(=O)CCCCCCCCCCCCCCCCCCC(=O)O)C(=O)O. The second-order valence-corrected chi connectivity index (χ2v) is 12.2. The van der Waals surface area contributed by atoms with E-state index in [-0.39, 0.29) is 11.8 Å². The van der Waals surface area contributed by atoms with Gasteiger partial charge in [0.05, 0.1) is 0 Å². The van der Waals surface area contributed by atoms with E-state index in [0.29, 0.717) is 38.6 Å². The number of nitrogens with one attached hydrogen (secondary N) is 2. The van der Waals surface area contributed by atoms with E-state index < -0.39 is 18.0 Å². The fourth-order valence-corrected chi connectivity index (χ4v) is 5.22. The fraction of sp³-hybridized carbons (Fsp3) is 0.882. The van der Waals surface area contributed by atoms with Gasteiger partial charge in [-0.3, -0.25) is 19.2 Å². The van der Waals surface area contributed by atoms with Gasteiger partial charge in [0, 0.05) is 32.4 Å². The maximum atomic E-state index is 12.0. The molecule has 0 radical (unpaired) electrons. The number of carbonyl (C=O) groups is 4. The zero-order valence-corrected chi connectivity index (χ0v) is 27.2. The molecule has 9 heteroatoms. The maximum Gasteiger partial charge on any atom is 0.320 e. The van der Waals surface area contributed by atoms with E-state index in [0.717, 1.165) is 70.8 Å². The summed E-state index contributed by atoms with van der Waals surface area (Å²) in [7, 11) is 0. The van der Waals surface area contributed by atoms with Gasteiger partial charge in [-0.2, -0.15) is 0 Å². The summed E-state index contributed by atoms with van der Waals surface area (Å²) in [5, 5.41) is 23.3. The van der Waals surface area contributed by atoms with E-state index in [1.165, 1.54) is 77.0 Å². The van der Waals surface area contributed by atoms with Crippen LogP contribution in [0.3, 0.4) is 0 Å². The van der Waals surface area contributed by atoms with Crippen molar-refractivity contribution in [2.24, 2.45) is 5.73 Å². The third-order valence-electron chi connectivity index (χ3n) is 8.03. The van der Waals surface area contributed by atoms with Crippen molar-refractivity contribution in [3.8, 4) is 0 Å². The molecule has 0 unspecified atom stereocenters. The predicted molar refractivity (Wildman–Crippen MR) is 174 cm³/mol. The lowest BCUT2D eigenvalue weighted by molar-refractivity contribution is -0.139. The van der Waals surface area contributed by atoms with E-state index >= 15 is 0 Å². The molecule has 0 aromatic rings. The normalized spacial score (nSPS) is 11.7. The minimum absolute atomic E-state index is 0.0490. The monoisotopic (exact) mass is 611 g/mol. The number of hydrogen-bond acceptors (Lipinski definition) is 5. The van der Waals surface area contributed by atoms with Crippen molar-refractivity contribution < 1.29 is 29.4 Å². The topological polar surface area (TPSA) is 159 Å². The number of aliphatic carboxylic acids is 2. The molecule has 0 aliphatic heterocycles. The van der Waals surface area contributed by atoms with Gasteiger partial charge in [0.15, 0.2) is 0 Å². The van der Waals surface area contributed by atoms with Gasteiger partial charge in [0.1, 0.15) is 6.04 Å². The third-order valence-corrected chi connectivity index (χ3v) is 8.03. The Kier molecular flexibility index (Phi) is 29.7. The van der Waals surface area contributed by atoms with Crippen molar-refractivity contribution in [3.63, 3.8) is 0 Å². The molecular weight excluding hydrogens is 546 g/mol. The lowest BCUT2D eigenvalue weighted by Crippen LogP contribution is -2.30. The number of unbranched alkanes of at least 4 members (excludes halogenated alkanes) is 20. The number of hydrogen-bond donors (Lipinski definition) is 5. The van der Waals surface area contributed by atoms with Crippen LogP contribution in [0.5, 0.6) is 0 Å². The van der Waals surface area contributed by atoms with Crippen LogP contribution < -0.4 is 16.4 Å². The van der Waals surface area contributed by atoms with Gasteiger partial charge in [-0.05, 0) is 44.9 Å². The molecule has 0 bridgehead atoms. The zero-order chi connectivity index (χ0) is 31.8. The molecular formula is C34H65N3O6. The van der Waals surface area contributed by atoms with Crippen LogP contribution in [0.4, 0.5) is 0 Å². The number of rotatable bonds is 33. The summed E-state index contributed by atoms with van der Waals surface area (Å²) in [5.41, 5.74) is 5.45. The molecule has 0 aromatic carbocycles. The Hall–Kier alpha value is -2.16. The lowest BCUT2D eigenvalue weighted by atomic mass is 10.0. The van der Waals surface area contributed by atoms with Crippen LogP contribution in [-0.2, 0) is 19.2 Å². The Bertz CT molecular complexity index is 704. The third kappa shape index (κ3) is 32.6. The first-order chi connectivity index (χ1) is 20.8. The average molecular weight is 612 g/mol. The largest absolute Gasteiger partial charge is 0.481 e. The van der Waals surface area contributed by atoms with E-state index in [2.05, 4.69) is 10.6 Å². The molecule has 0 aromatic heterocycles. The summed E-state index contributed by atoms with van der Waals surface area (Å²) >= 11 is 0. The Morgan fingerprint density at radius 1 is 0.442 bits per heavy atom. The van der Waals surface area contributed by atoms with Crippen LogP contribution >= 0.6 is 0 Å². The van der Waals surface area contributed by atoms with Gasteiger partial charge in [-0.1, -0.05) is 109 Å². The molecule has 0 heterocycles. The van der Waals surface area contributed by atoms with Gasteiger partial charge in [-0.15, -0.1) is 0 Å². The number of carboxylic acid groups (broad SMARTS) is 2. The molecule has 0 rings (SSSR count). The molecule has 6 N–H and O–H groups in total. The number of carboxylic acids is 2. The molecule has 252 valence electrons. The molecule has 0 saturated heterocycles. The summed E-state index contributed by atoms with van der Waals surface area (Å²) in [5.74, 6) is -1.44. The Morgan fingerprint density at radius 3 is 1.09 bits per heavy atom. The van der Waals surface area contributed by atoms with E-state index in [9.17, 15) is 19.2 Å². The molecule has 0 saturated carbocycles. The molecule has 0 fully saturated rings. The molecule has 0 aliphatic carbocycles. The Labute approximate surface area is 261 Å². The van der Waals surface area contributed by atoms with Crippen LogP contribution in [0.2, 0.25) is 0 Å². The van der Waals surface area contributed by atoms with Crippen molar-refractivity contribution >= 4 is 23.8 Å². The average Bonchev–Trinajstić information content (AvgIpc) is 2.97. The molecule has 1 atom stereocenters. The van der Waals surface area contributed by atoms with Crippen LogP contribution in [0.15, 0.2) is 0 Å². The summed E-state index contributed by atoms with van der Waals surface area (Å²) in [6, 6.07) is -0.820. The zero-order valence-electron chi connectivity index (χ0n) is 27.2. The van der Waals surface area contributed by atoms with Crippen molar-refractivity contribution in [1.82, 2.24) is 10.6 Å². The van der Waals surface area contributed by atoms with Crippen molar-refractivity contribution in [3.05, 3.63) is 0 Å². The van der Waals surface area contributed by atoms with Gasteiger partial charge in [0.25, 0.3) is 0 Å². The first-order valence-corrected chi connectivity index (χ1v) is 17.6. The van der Waals surface area contributed by atoms with E-state index in [1.807, 2.05) is 0 Å². The van der Waals surface area contributed by atoms with Crippen molar-refractivity contribution in [2.75, 3.05) is 13.1 Å². The van der Waals surface area contributed by atoms with Crippen molar-refractivity contribution in [1.29, 1.82) is 0 Å². The molecule has 0 aliphatic rings. The second kappa shape index (κ2) is 31.3. The Balaban J connectivity index is 3.27. The summed E-state index contributed by atoms with van der Waals surface area (Å²) in [4.78, 5) is 45.0. The first-order valence-electron chi connectivity index (χ1n) is 17.6. The first kappa shape index (κ1) is 40.8. The van der Waals surface area contributed by atoms with Crippen LogP contribution in [0, 0.1) is 0 Å². The fourth-order valence-electron chi connectivity index (χ4n) is 5.22. The number of amides is 2. The lowest BCUT2D eigenvalue weighted by Gasteiger charge is -2.07. The number of nitrogens with two attached hydrogens (primary N) is 1. The van der Waals surface area contributed by atoms with Gasteiger partial charge >= 0.3 is 11.9 Å². The molecule has 0 spiro atoms. The van der Waals surface area contributed by atoms with Gasteiger partial charge in [-0.25, -0.2) is 0 Å². The molecule has 9 nitrogen and oxygen atoms in total. The van der Waals surface area contributed by atoms with Gasteiger partial charge < -0.3 is 26.6 Å². The number of carbonyl (C=O) groups excluding carboxylic acids is 2. The van der Waals surface area contributed by atoms with Crippen LogP contribution in [-0.4, -0.2) is 53.1 Å². The summed E-state index contributed by atoms with van der Waals surface area (Å²) in [6.45, 7) is 1.30. The predicted octanol–water partition coefficient (Wildman–Crippen LogP) is 7.25. The molecule has 43 heavy (non-hydrogen) atoms. The summed E-state index contributed by atoms with van der Waals surface area (Å²) in [6.07, 6.45) is 27.8. The maximum absolute atomic E-state index is 12.0. The van der Waals surface area contributed by atoms with Crippen LogP contribution in [0.25, 0.3) is 0 Å². The van der Waals surface area contributed by atoms with E-state index in [4.69, 9.17) is 15.9 Å². The smallest absolute Gasteiger partial charge is 0.320 e. The summed E-state index contributed by atoms with van der Waals surface area (Å²) < 4.78 is 0. The highest BCUT2D eigenvalue weighted by atomic mass is 16.4. The van der Waals surface area contributed by atoms with Crippen molar-refractivity contribution in [2.45, 2.75) is 179 Å². The highest BCUT2D eigenvalue weighted by molar-refractivity contribution is 5.76. The standard InChI is InChI=1S/C34H65N3O6/c35-30(34(42)43)24-21-23-29-37-32(39)26-19-15-13-17-22-28-36-31(38)25-18-14-11-9-7-5-3-1-2-4-6-8-10-12-16-20-27-33(40)41/h30H,1-29,35H2,(H,36,38)(H,37,39)(H,40,41)(H,42,43)/t30-/m0/s1. The minimum Gasteiger partial charge on any atom is -0.481 e. The highest BCUT2D eigenvalue weighted by Gasteiger charge is 2.10. The minimum atomic E-state index is -0.982. The Morgan fingerprint density at radius 2 is 0.744 bits per heavy atom. The molecule has 2 amide bonds. The van der Waals surface area contributed by atoms with Crippen LogP contribution in [0.1, 0.15) is 173 Å².